The van der Waals surface area contributed by atoms with Crippen LogP contribution in [0, 0.1) is 6.92 Å². The number of thiazole rings is 1. The number of halogens is 1. The molecule has 0 N–H and O–H groups in total. The van der Waals surface area contributed by atoms with Crippen molar-refractivity contribution in [3.05, 3.63) is 79.6 Å². The fraction of sp³-hybridized carbons (Fsp3) is 0.0556. The molecule has 0 amide bonds. The second-order valence-corrected chi connectivity index (χ2v) is 6.86. The van der Waals surface area contributed by atoms with E-state index >= 15 is 0 Å². The third-order valence-electron chi connectivity index (χ3n) is 3.75. The summed E-state index contributed by atoms with van der Waals surface area (Å²) in [5, 5.41) is 8.92. The van der Waals surface area contributed by atoms with Crippen molar-refractivity contribution in [2.45, 2.75) is 6.92 Å². The summed E-state index contributed by atoms with van der Waals surface area (Å²) < 4.78 is 2.14. The molecule has 0 saturated heterocycles. The maximum absolute atomic E-state index is 12.8. The summed E-state index contributed by atoms with van der Waals surface area (Å²) in [7, 11) is 0. The zero-order valence-electron chi connectivity index (χ0n) is 12.7. The number of hydrogen-bond donors (Lipinski definition) is 0. The molecule has 0 radical (unpaired) electrons. The van der Waals surface area contributed by atoms with Crippen LogP contribution in [0.2, 0.25) is 5.02 Å². The molecule has 4 nitrogen and oxygen atoms in total. The first-order chi connectivity index (χ1) is 11.6. The largest absolute Gasteiger partial charge is 0.276 e. The van der Waals surface area contributed by atoms with Crippen molar-refractivity contribution in [3.63, 3.8) is 0 Å². The van der Waals surface area contributed by atoms with Gasteiger partial charge in [-0.1, -0.05) is 71.0 Å². The third kappa shape index (κ3) is 2.52. The molecule has 0 aliphatic heterocycles. The van der Waals surface area contributed by atoms with Gasteiger partial charge in [0.2, 0.25) is 4.96 Å². The highest BCUT2D eigenvalue weighted by Crippen LogP contribution is 2.19. The number of fused-ring (bicyclic) bond motifs is 1. The van der Waals surface area contributed by atoms with E-state index in [9.17, 15) is 4.79 Å². The summed E-state index contributed by atoms with van der Waals surface area (Å²) in [6.07, 6.45) is 1.79. The first kappa shape index (κ1) is 15.1. The number of nitrogens with zero attached hydrogens (tertiary/aromatic N) is 3. The van der Waals surface area contributed by atoms with E-state index in [1.54, 1.807) is 16.5 Å². The minimum Gasteiger partial charge on any atom is -0.267 e. The second-order valence-electron chi connectivity index (χ2n) is 5.44. The Morgan fingerprint density at radius 2 is 1.83 bits per heavy atom. The normalized spacial score (nSPS) is 12.2. The van der Waals surface area contributed by atoms with Crippen LogP contribution in [0.4, 0.5) is 0 Å². The molecule has 0 aliphatic rings. The van der Waals surface area contributed by atoms with E-state index in [-0.39, 0.29) is 5.56 Å². The Kier molecular flexibility index (Phi) is 3.67. The van der Waals surface area contributed by atoms with Gasteiger partial charge in [-0.2, -0.15) is 0 Å². The Hall–Kier alpha value is -2.50. The van der Waals surface area contributed by atoms with Crippen LogP contribution in [0.15, 0.2) is 53.3 Å². The van der Waals surface area contributed by atoms with Crippen LogP contribution in [-0.4, -0.2) is 14.6 Å². The molecule has 0 atom stereocenters. The van der Waals surface area contributed by atoms with Gasteiger partial charge in [-0.3, -0.25) is 4.79 Å². The molecule has 24 heavy (non-hydrogen) atoms. The van der Waals surface area contributed by atoms with Crippen LogP contribution in [0.5, 0.6) is 0 Å². The Morgan fingerprint density at radius 1 is 1.08 bits per heavy atom. The van der Waals surface area contributed by atoms with Gasteiger partial charge in [0.1, 0.15) is 0 Å². The molecule has 0 saturated carbocycles. The molecule has 0 spiro atoms. The molecular weight excluding hydrogens is 342 g/mol. The highest BCUT2D eigenvalue weighted by molar-refractivity contribution is 7.15. The number of hydrogen-bond acceptors (Lipinski definition) is 4. The van der Waals surface area contributed by atoms with Gasteiger partial charge in [-0.05, 0) is 24.6 Å². The van der Waals surface area contributed by atoms with Crippen LogP contribution in [-0.2, 0) is 0 Å². The minimum atomic E-state index is -0.129. The zero-order valence-corrected chi connectivity index (χ0v) is 14.3. The lowest BCUT2D eigenvalue weighted by Gasteiger charge is -1.97. The SMILES string of the molecule is Cc1ccc(-c2nnc3s/c(=C/c4ccccc4Cl)c(=O)n23)cc1. The van der Waals surface area contributed by atoms with E-state index < -0.39 is 0 Å². The van der Waals surface area contributed by atoms with Crippen LogP contribution in [0.25, 0.3) is 22.4 Å². The van der Waals surface area contributed by atoms with E-state index in [0.717, 1.165) is 16.7 Å². The smallest absolute Gasteiger partial charge is 0.267 e. The van der Waals surface area contributed by atoms with E-state index in [0.29, 0.717) is 20.3 Å². The van der Waals surface area contributed by atoms with Crippen molar-refractivity contribution < 1.29 is 0 Å². The van der Waals surface area contributed by atoms with Gasteiger partial charge >= 0.3 is 0 Å². The van der Waals surface area contributed by atoms with Crippen molar-refractivity contribution in [3.8, 4) is 11.4 Å². The Bertz CT molecular complexity index is 1150. The van der Waals surface area contributed by atoms with Crippen LogP contribution in [0.1, 0.15) is 11.1 Å². The minimum absolute atomic E-state index is 0.129. The second kappa shape index (κ2) is 5.85. The van der Waals surface area contributed by atoms with Gasteiger partial charge in [-0.25, -0.2) is 4.40 Å². The maximum atomic E-state index is 12.8. The lowest BCUT2D eigenvalue weighted by Crippen LogP contribution is -2.23. The molecule has 2 heterocycles. The van der Waals surface area contributed by atoms with E-state index in [4.69, 9.17) is 11.6 Å². The van der Waals surface area contributed by atoms with Crippen molar-refractivity contribution >= 4 is 34.0 Å². The van der Waals surface area contributed by atoms with Gasteiger partial charge < -0.3 is 0 Å². The summed E-state index contributed by atoms with van der Waals surface area (Å²) >= 11 is 7.49. The monoisotopic (exact) mass is 353 g/mol. The molecule has 2 aromatic heterocycles. The van der Waals surface area contributed by atoms with Gasteiger partial charge in [-0.15, -0.1) is 10.2 Å². The van der Waals surface area contributed by atoms with E-state index in [1.807, 2.05) is 49.4 Å². The molecule has 0 fully saturated rings. The molecular formula is C18H12ClN3OS. The predicted molar refractivity (Wildman–Crippen MR) is 97.5 cm³/mol. The molecule has 0 unspecified atom stereocenters. The Morgan fingerprint density at radius 3 is 2.58 bits per heavy atom. The number of aryl methyl sites for hydroxylation is 1. The number of rotatable bonds is 2. The van der Waals surface area contributed by atoms with Crippen molar-refractivity contribution in [1.82, 2.24) is 14.6 Å². The van der Waals surface area contributed by atoms with Gasteiger partial charge in [0.05, 0.1) is 4.53 Å². The summed E-state index contributed by atoms with van der Waals surface area (Å²) in [5.41, 5.74) is 2.70. The van der Waals surface area contributed by atoms with Crippen LogP contribution in [0.3, 0.4) is 0 Å². The fourth-order valence-corrected chi connectivity index (χ4v) is 3.58. The molecule has 0 bridgehead atoms. The number of benzene rings is 2. The van der Waals surface area contributed by atoms with Gasteiger partial charge in [0.15, 0.2) is 5.82 Å². The number of aromatic nitrogens is 3. The van der Waals surface area contributed by atoms with Crippen molar-refractivity contribution in [2.24, 2.45) is 0 Å². The molecule has 118 valence electrons. The summed E-state index contributed by atoms with van der Waals surface area (Å²) in [4.78, 5) is 13.4. The van der Waals surface area contributed by atoms with E-state index in [2.05, 4.69) is 10.2 Å². The predicted octanol–water partition coefficient (Wildman–Crippen LogP) is 3.33. The Labute approximate surface area is 146 Å². The quantitative estimate of drug-likeness (QED) is 0.555. The standard InChI is InChI=1S/C18H12ClN3OS/c1-11-6-8-12(9-7-11)16-20-21-18-22(16)17(23)15(24-18)10-13-4-2-3-5-14(13)19/h2-10H,1H3/b15-10+. The molecule has 4 rings (SSSR count). The maximum Gasteiger partial charge on any atom is 0.276 e. The highest BCUT2D eigenvalue weighted by atomic mass is 35.5. The van der Waals surface area contributed by atoms with Crippen molar-refractivity contribution in [1.29, 1.82) is 0 Å². The Balaban J connectivity index is 1.93. The zero-order chi connectivity index (χ0) is 16.7. The molecule has 2 aromatic carbocycles. The van der Waals surface area contributed by atoms with Gasteiger partial charge in [0.25, 0.3) is 5.56 Å². The highest BCUT2D eigenvalue weighted by Gasteiger charge is 2.14. The van der Waals surface area contributed by atoms with E-state index in [1.165, 1.54) is 11.3 Å². The summed E-state index contributed by atoms with van der Waals surface area (Å²) in [5.74, 6) is 0.560. The fourth-order valence-electron chi connectivity index (χ4n) is 2.49. The summed E-state index contributed by atoms with van der Waals surface area (Å²) in [6, 6.07) is 15.3. The van der Waals surface area contributed by atoms with Crippen molar-refractivity contribution in [2.75, 3.05) is 0 Å². The average Bonchev–Trinajstić information content (AvgIpc) is 3.12. The molecule has 6 heteroatoms. The first-order valence-corrected chi connectivity index (χ1v) is 8.54. The first-order valence-electron chi connectivity index (χ1n) is 7.35. The third-order valence-corrected chi connectivity index (χ3v) is 5.05. The lowest BCUT2D eigenvalue weighted by molar-refractivity contribution is 1.09. The molecule has 4 aromatic rings. The average molecular weight is 354 g/mol. The topological polar surface area (TPSA) is 47.3 Å². The molecule has 0 aliphatic carbocycles. The van der Waals surface area contributed by atoms with Crippen LogP contribution >= 0.6 is 22.9 Å². The van der Waals surface area contributed by atoms with Crippen LogP contribution < -0.4 is 10.1 Å². The lowest BCUT2D eigenvalue weighted by atomic mass is 10.1. The summed E-state index contributed by atoms with van der Waals surface area (Å²) in [6.45, 7) is 2.02. The van der Waals surface area contributed by atoms with Gasteiger partial charge in [0, 0.05) is 10.6 Å².